The Labute approximate surface area is 202 Å². The molecule has 0 amide bonds. The molecule has 2 saturated heterocycles. The third-order valence-electron chi connectivity index (χ3n) is 6.58. The first-order valence-electron chi connectivity index (χ1n) is 11.1. The van der Waals surface area contributed by atoms with Crippen molar-refractivity contribution >= 4 is 22.4 Å². The molecule has 33 heavy (non-hydrogen) atoms. The first-order valence-corrected chi connectivity index (χ1v) is 12.5. The van der Waals surface area contributed by atoms with Crippen molar-refractivity contribution in [1.29, 1.82) is 5.26 Å². The van der Waals surface area contributed by atoms with Gasteiger partial charge in [-0.2, -0.15) is 9.57 Å². The lowest BCUT2D eigenvalue weighted by molar-refractivity contribution is 0.0786. The smallest absolute Gasteiger partial charge is 0.243 e. The summed E-state index contributed by atoms with van der Waals surface area (Å²) in [6.45, 7) is 6.78. The molecule has 2 aliphatic rings. The zero-order valence-corrected chi connectivity index (χ0v) is 20.4. The van der Waals surface area contributed by atoms with E-state index < -0.39 is 15.8 Å². The summed E-state index contributed by atoms with van der Waals surface area (Å²) in [5.41, 5.74) is 2.43. The number of benzene rings is 2. The zero-order chi connectivity index (χ0) is 22.7. The van der Waals surface area contributed by atoms with Gasteiger partial charge < -0.3 is 0 Å². The second kappa shape index (κ2) is 10.9. The quantitative estimate of drug-likeness (QED) is 0.640. The number of piperazine rings is 1. The minimum Gasteiger partial charge on any atom is -0.299 e. The van der Waals surface area contributed by atoms with Crippen LogP contribution in [-0.4, -0.2) is 67.8 Å². The fourth-order valence-electron chi connectivity index (χ4n) is 4.74. The van der Waals surface area contributed by atoms with E-state index in [1.54, 1.807) is 6.92 Å². The second-order valence-corrected chi connectivity index (χ2v) is 10.6. The highest BCUT2D eigenvalue weighted by molar-refractivity contribution is 7.89. The standard InChI is InChI=1S/C24H29FN4O2S.ClH/c1-19-5-6-22(25)16-24(19)32(30,31)29-13-11-28(12-14-29)23-7-9-27(10-8-23)18-21-4-2-3-20(15-21)17-26;/h2-6,15-16,23H,7-14,18H2,1H3;1H. The Balaban J connectivity index is 0.00000306. The van der Waals surface area contributed by atoms with E-state index in [-0.39, 0.29) is 17.3 Å². The molecule has 2 heterocycles. The number of hydrogen-bond donors (Lipinski definition) is 0. The molecule has 0 unspecified atom stereocenters. The largest absolute Gasteiger partial charge is 0.299 e. The Morgan fingerprint density at radius 3 is 2.39 bits per heavy atom. The normalized spacial score (nSPS) is 19.1. The highest BCUT2D eigenvalue weighted by atomic mass is 35.5. The van der Waals surface area contributed by atoms with E-state index >= 15 is 0 Å². The maximum atomic E-state index is 13.6. The summed E-state index contributed by atoms with van der Waals surface area (Å²) in [5.74, 6) is -0.529. The van der Waals surface area contributed by atoms with Crippen LogP contribution in [-0.2, 0) is 16.6 Å². The molecule has 0 radical (unpaired) electrons. The molecule has 0 aromatic heterocycles. The monoisotopic (exact) mass is 492 g/mol. The minimum atomic E-state index is -3.68. The summed E-state index contributed by atoms with van der Waals surface area (Å²) in [5, 5.41) is 9.08. The van der Waals surface area contributed by atoms with Crippen molar-refractivity contribution in [2.75, 3.05) is 39.3 Å². The Morgan fingerprint density at radius 1 is 1.03 bits per heavy atom. The predicted octanol–water partition coefficient (Wildman–Crippen LogP) is 3.40. The van der Waals surface area contributed by atoms with Gasteiger partial charge in [-0.15, -0.1) is 12.4 Å². The van der Waals surface area contributed by atoms with E-state index in [1.807, 2.05) is 18.2 Å². The first-order chi connectivity index (χ1) is 15.4. The Hall–Kier alpha value is -2.02. The van der Waals surface area contributed by atoms with Gasteiger partial charge >= 0.3 is 0 Å². The van der Waals surface area contributed by atoms with Crippen molar-refractivity contribution in [2.24, 2.45) is 0 Å². The third kappa shape index (κ3) is 5.92. The molecule has 2 aliphatic heterocycles. The molecule has 0 atom stereocenters. The number of hydrogen-bond acceptors (Lipinski definition) is 5. The van der Waals surface area contributed by atoms with Crippen LogP contribution in [0.1, 0.15) is 29.5 Å². The van der Waals surface area contributed by atoms with Crippen LogP contribution in [0.3, 0.4) is 0 Å². The van der Waals surface area contributed by atoms with Gasteiger partial charge in [0, 0.05) is 38.8 Å². The molecule has 4 rings (SSSR count). The molecule has 9 heteroatoms. The predicted molar refractivity (Wildman–Crippen MR) is 128 cm³/mol. The fraction of sp³-hybridized carbons (Fsp3) is 0.458. The molecular weight excluding hydrogens is 463 g/mol. The van der Waals surface area contributed by atoms with Crippen molar-refractivity contribution in [3.8, 4) is 6.07 Å². The number of nitrogens with zero attached hydrogens (tertiary/aromatic N) is 4. The van der Waals surface area contributed by atoms with Crippen LogP contribution in [0.2, 0.25) is 0 Å². The molecule has 2 aromatic rings. The third-order valence-corrected chi connectivity index (χ3v) is 8.62. The van der Waals surface area contributed by atoms with Gasteiger partial charge in [0.1, 0.15) is 5.82 Å². The van der Waals surface area contributed by atoms with Crippen LogP contribution in [0.15, 0.2) is 47.4 Å². The average molecular weight is 493 g/mol. The lowest BCUT2D eigenvalue weighted by Gasteiger charge is -2.42. The SMILES string of the molecule is Cc1ccc(F)cc1S(=O)(=O)N1CCN(C2CCN(Cc3cccc(C#N)c3)CC2)CC1.Cl. The van der Waals surface area contributed by atoms with E-state index in [9.17, 15) is 12.8 Å². The zero-order valence-electron chi connectivity index (χ0n) is 18.8. The number of halogens is 2. The second-order valence-electron chi connectivity index (χ2n) is 8.67. The van der Waals surface area contributed by atoms with Crippen LogP contribution < -0.4 is 0 Å². The lowest BCUT2D eigenvalue weighted by Crippen LogP contribution is -2.54. The Bertz CT molecular complexity index is 1110. The number of rotatable bonds is 5. The lowest BCUT2D eigenvalue weighted by atomic mass is 10.0. The van der Waals surface area contributed by atoms with Gasteiger partial charge in [0.25, 0.3) is 0 Å². The molecule has 0 spiro atoms. The van der Waals surface area contributed by atoms with Crippen LogP contribution in [0.4, 0.5) is 4.39 Å². The molecule has 178 valence electrons. The van der Waals surface area contributed by atoms with Crippen LogP contribution >= 0.6 is 12.4 Å². The maximum Gasteiger partial charge on any atom is 0.243 e. The van der Waals surface area contributed by atoms with Gasteiger partial charge in [-0.25, -0.2) is 12.8 Å². The van der Waals surface area contributed by atoms with E-state index in [0.29, 0.717) is 43.3 Å². The first kappa shape index (κ1) is 25.6. The van der Waals surface area contributed by atoms with E-state index in [0.717, 1.165) is 44.1 Å². The van der Waals surface area contributed by atoms with Crippen molar-refractivity contribution in [2.45, 2.75) is 37.2 Å². The molecule has 0 saturated carbocycles. The average Bonchev–Trinajstić information content (AvgIpc) is 2.81. The van der Waals surface area contributed by atoms with Crippen LogP contribution in [0, 0.1) is 24.1 Å². The number of nitriles is 1. The van der Waals surface area contributed by atoms with Crippen LogP contribution in [0.25, 0.3) is 0 Å². The van der Waals surface area contributed by atoms with Gasteiger partial charge in [0.2, 0.25) is 10.0 Å². The van der Waals surface area contributed by atoms with Crippen molar-refractivity contribution in [3.63, 3.8) is 0 Å². The minimum absolute atomic E-state index is 0. The summed E-state index contributed by atoms with van der Waals surface area (Å²) >= 11 is 0. The summed E-state index contributed by atoms with van der Waals surface area (Å²) in [7, 11) is -3.68. The number of sulfonamides is 1. The Kier molecular flexibility index (Phi) is 8.48. The summed E-state index contributed by atoms with van der Waals surface area (Å²) < 4.78 is 41.2. The molecule has 6 nitrogen and oxygen atoms in total. The molecular formula is C24H30ClFN4O2S. The summed E-state index contributed by atoms with van der Waals surface area (Å²) in [6.07, 6.45) is 2.10. The van der Waals surface area contributed by atoms with E-state index in [4.69, 9.17) is 5.26 Å². The van der Waals surface area contributed by atoms with E-state index in [2.05, 4.69) is 21.9 Å². The highest BCUT2D eigenvalue weighted by Gasteiger charge is 2.33. The molecule has 2 aromatic carbocycles. The number of piperidine rings is 1. The highest BCUT2D eigenvalue weighted by Crippen LogP contribution is 2.25. The molecule has 0 N–H and O–H groups in total. The van der Waals surface area contributed by atoms with Gasteiger partial charge in [-0.3, -0.25) is 9.80 Å². The maximum absolute atomic E-state index is 13.6. The topological polar surface area (TPSA) is 67.7 Å². The van der Waals surface area contributed by atoms with Gasteiger partial charge in [-0.1, -0.05) is 18.2 Å². The van der Waals surface area contributed by atoms with E-state index in [1.165, 1.54) is 16.4 Å². The summed E-state index contributed by atoms with van der Waals surface area (Å²) in [6, 6.07) is 14.3. The number of aryl methyl sites for hydroxylation is 1. The fourth-order valence-corrected chi connectivity index (χ4v) is 6.40. The van der Waals surface area contributed by atoms with Crippen molar-refractivity contribution < 1.29 is 12.8 Å². The van der Waals surface area contributed by atoms with Gasteiger partial charge in [0.05, 0.1) is 16.5 Å². The molecule has 2 fully saturated rings. The van der Waals surface area contributed by atoms with Crippen LogP contribution in [0.5, 0.6) is 0 Å². The van der Waals surface area contributed by atoms with Gasteiger partial charge in [0.15, 0.2) is 0 Å². The molecule has 0 bridgehead atoms. The molecule has 0 aliphatic carbocycles. The Morgan fingerprint density at radius 2 is 1.73 bits per heavy atom. The van der Waals surface area contributed by atoms with Crippen molar-refractivity contribution in [1.82, 2.24) is 14.1 Å². The summed E-state index contributed by atoms with van der Waals surface area (Å²) in [4.78, 5) is 4.89. The van der Waals surface area contributed by atoms with Crippen molar-refractivity contribution in [3.05, 3.63) is 65.0 Å². The van der Waals surface area contributed by atoms with Gasteiger partial charge in [-0.05, 0) is 68.2 Å². The number of likely N-dealkylation sites (tertiary alicyclic amines) is 1.